The highest BCUT2D eigenvalue weighted by atomic mass is 16.5. The van der Waals surface area contributed by atoms with Gasteiger partial charge in [-0.15, -0.1) is 0 Å². The van der Waals surface area contributed by atoms with Gasteiger partial charge in [-0.2, -0.15) is 0 Å². The molecule has 4 rings (SSSR count). The minimum atomic E-state index is 0.207. The van der Waals surface area contributed by atoms with E-state index in [1.165, 1.54) is 50.9 Å². The maximum atomic E-state index is 6.46. The van der Waals surface area contributed by atoms with Crippen molar-refractivity contribution in [3.05, 3.63) is 23.8 Å². The lowest BCUT2D eigenvalue weighted by Crippen LogP contribution is -2.54. The third kappa shape index (κ3) is 3.34. The second-order valence-corrected chi connectivity index (χ2v) is 8.80. The summed E-state index contributed by atoms with van der Waals surface area (Å²) in [6.07, 6.45) is 7.20. The average molecular weight is 374 g/mol. The van der Waals surface area contributed by atoms with Gasteiger partial charge < -0.3 is 20.1 Å². The van der Waals surface area contributed by atoms with E-state index in [0.717, 1.165) is 24.3 Å². The van der Waals surface area contributed by atoms with Gasteiger partial charge in [0.1, 0.15) is 0 Å². The number of nitrogens with two attached hydrogens (primary N) is 1. The molecule has 3 atom stereocenters. The first kappa shape index (κ1) is 19.0. The molecule has 0 bridgehead atoms. The molecule has 0 unspecified atom stereocenters. The number of nitrogens with zero attached hydrogens (tertiary/aromatic N) is 2. The first-order valence-corrected chi connectivity index (χ1v) is 10.5. The van der Waals surface area contributed by atoms with Gasteiger partial charge in [0.15, 0.2) is 11.5 Å². The predicted molar refractivity (Wildman–Crippen MR) is 109 cm³/mol. The summed E-state index contributed by atoms with van der Waals surface area (Å²) in [5.74, 6) is 1.66. The van der Waals surface area contributed by atoms with Crippen LogP contribution in [-0.2, 0) is 5.41 Å². The molecule has 0 spiro atoms. The summed E-state index contributed by atoms with van der Waals surface area (Å²) < 4.78 is 11.1. The van der Waals surface area contributed by atoms with Crippen LogP contribution in [0.5, 0.6) is 11.5 Å². The molecule has 3 aliphatic rings. The number of methoxy groups -OCH3 is 2. The molecule has 150 valence electrons. The number of ether oxygens (including phenoxy) is 2. The lowest BCUT2D eigenvalue weighted by Gasteiger charge is -2.47. The van der Waals surface area contributed by atoms with Crippen molar-refractivity contribution in [3.8, 4) is 11.5 Å². The van der Waals surface area contributed by atoms with Crippen molar-refractivity contribution in [2.24, 2.45) is 5.73 Å². The molecule has 0 amide bonds. The molecule has 5 nitrogen and oxygen atoms in total. The van der Waals surface area contributed by atoms with Crippen LogP contribution in [0.25, 0.3) is 0 Å². The number of fused-ring (bicyclic) bond motifs is 1. The molecule has 0 radical (unpaired) electrons. The zero-order valence-electron chi connectivity index (χ0n) is 17.1. The highest BCUT2D eigenvalue weighted by Crippen LogP contribution is 2.51. The summed E-state index contributed by atoms with van der Waals surface area (Å²) in [7, 11) is 5.67. The fourth-order valence-electron chi connectivity index (χ4n) is 5.86. The molecule has 2 N–H and O–H groups in total. The fourth-order valence-corrected chi connectivity index (χ4v) is 5.86. The molecule has 1 aromatic carbocycles. The Balaban J connectivity index is 1.65. The second-order valence-electron chi connectivity index (χ2n) is 8.80. The maximum absolute atomic E-state index is 6.46. The summed E-state index contributed by atoms with van der Waals surface area (Å²) in [5, 5.41) is 0. The van der Waals surface area contributed by atoms with Crippen LogP contribution in [0.1, 0.15) is 44.1 Å². The van der Waals surface area contributed by atoms with E-state index < -0.39 is 0 Å². The summed E-state index contributed by atoms with van der Waals surface area (Å²) in [5.41, 5.74) is 8.08. The van der Waals surface area contributed by atoms with Crippen LogP contribution >= 0.6 is 0 Å². The van der Waals surface area contributed by atoms with Crippen molar-refractivity contribution in [1.82, 2.24) is 9.80 Å². The Bertz CT molecular complexity index is 659. The predicted octanol–water partition coefficient (Wildman–Crippen LogP) is 2.62. The van der Waals surface area contributed by atoms with E-state index in [1.807, 2.05) is 0 Å². The number of benzene rings is 1. The molecule has 0 aromatic heterocycles. The number of piperidine rings is 1. The van der Waals surface area contributed by atoms with Gasteiger partial charge in [0.25, 0.3) is 0 Å². The van der Waals surface area contributed by atoms with Crippen molar-refractivity contribution in [2.45, 2.75) is 62.1 Å². The monoisotopic (exact) mass is 373 g/mol. The lowest BCUT2D eigenvalue weighted by atomic mass is 9.65. The number of hydrogen-bond donors (Lipinski definition) is 1. The second kappa shape index (κ2) is 7.61. The van der Waals surface area contributed by atoms with E-state index in [0.29, 0.717) is 18.1 Å². The normalized spacial score (nSPS) is 33.0. The highest BCUT2D eigenvalue weighted by molar-refractivity contribution is 5.46. The Kier molecular flexibility index (Phi) is 5.36. The molecule has 2 aliphatic heterocycles. The quantitative estimate of drug-likeness (QED) is 0.879. The van der Waals surface area contributed by atoms with Gasteiger partial charge in [-0.05, 0) is 82.9 Å². The Morgan fingerprint density at radius 1 is 1.00 bits per heavy atom. The molecular weight excluding hydrogens is 338 g/mol. The minimum absolute atomic E-state index is 0.207. The van der Waals surface area contributed by atoms with E-state index in [9.17, 15) is 0 Å². The van der Waals surface area contributed by atoms with Crippen LogP contribution in [0.15, 0.2) is 18.2 Å². The highest BCUT2D eigenvalue weighted by Gasteiger charge is 2.52. The smallest absolute Gasteiger partial charge is 0.161 e. The Morgan fingerprint density at radius 3 is 2.44 bits per heavy atom. The third-order valence-electron chi connectivity index (χ3n) is 7.46. The lowest BCUT2D eigenvalue weighted by molar-refractivity contribution is 0.0703. The van der Waals surface area contributed by atoms with Gasteiger partial charge >= 0.3 is 0 Å². The standard InChI is InChI=1S/C22H35N3O2/c1-24-11-7-18(8-12-24)25-13-10-22(9-6-17(23)15-21(22)25)16-4-5-19(26-2)20(14-16)27-3/h4-5,14,17-18,21H,6-13,15,23H2,1-3H3/t17-,21+,22+/m1/s1. The summed E-state index contributed by atoms with van der Waals surface area (Å²) in [6, 6.07) is 8.15. The topological polar surface area (TPSA) is 51.0 Å². The summed E-state index contributed by atoms with van der Waals surface area (Å²) >= 11 is 0. The van der Waals surface area contributed by atoms with Crippen LogP contribution in [0.4, 0.5) is 0 Å². The van der Waals surface area contributed by atoms with Crippen molar-refractivity contribution >= 4 is 0 Å². The SMILES string of the molecule is COc1ccc([C@@]23CC[C@@H](N)C[C@@H]2N(C2CCN(C)CC2)CC3)cc1OC. The van der Waals surface area contributed by atoms with Gasteiger partial charge in [0.05, 0.1) is 14.2 Å². The van der Waals surface area contributed by atoms with Gasteiger partial charge in [-0.1, -0.05) is 6.07 Å². The van der Waals surface area contributed by atoms with Crippen LogP contribution in [0.3, 0.4) is 0 Å². The Morgan fingerprint density at radius 2 is 1.74 bits per heavy atom. The van der Waals surface area contributed by atoms with Crippen molar-refractivity contribution in [1.29, 1.82) is 0 Å². The largest absolute Gasteiger partial charge is 0.493 e. The molecular formula is C22H35N3O2. The minimum Gasteiger partial charge on any atom is -0.493 e. The van der Waals surface area contributed by atoms with Gasteiger partial charge in [0.2, 0.25) is 0 Å². The van der Waals surface area contributed by atoms with E-state index in [1.54, 1.807) is 14.2 Å². The summed E-state index contributed by atoms with van der Waals surface area (Å²) in [4.78, 5) is 5.28. The van der Waals surface area contributed by atoms with E-state index in [4.69, 9.17) is 15.2 Å². The van der Waals surface area contributed by atoms with Crippen LogP contribution in [0.2, 0.25) is 0 Å². The van der Waals surface area contributed by atoms with Crippen LogP contribution in [0, 0.1) is 0 Å². The van der Waals surface area contributed by atoms with Crippen LogP contribution in [-0.4, -0.2) is 68.8 Å². The molecule has 2 heterocycles. The summed E-state index contributed by atoms with van der Waals surface area (Å²) in [6.45, 7) is 3.62. The Hall–Kier alpha value is -1.30. The molecule has 1 aliphatic carbocycles. The van der Waals surface area contributed by atoms with Crippen LogP contribution < -0.4 is 15.2 Å². The molecule has 1 aromatic rings. The molecule has 3 fully saturated rings. The van der Waals surface area contributed by atoms with E-state index in [2.05, 4.69) is 35.0 Å². The first-order valence-electron chi connectivity index (χ1n) is 10.5. The molecule has 1 saturated carbocycles. The van der Waals surface area contributed by atoms with Gasteiger partial charge in [0, 0.05) is 23.5 Å². The number of rotatable bonds is 4. The molecule has 5 heteroatoms. The Labute approximate surface area is 163 Å². The molecule has 27 heavy (non-hydrogen) atoms. The van der Waals surface area contributed by atoms with E-state index >= 15 is 0 Å². The molecule has 2 saturated heterocycles. The van der Waals surface area contributed by atoms with Crippen molar-refractivity contribution in [3.63, 3.8) is 0 Å². The third-order valence-corrected chi connectivity index (χ3v) is 7.46. The van der Waals surface area contributed by atoms with E-state index in [-0.39, 0.29) is 5.41 Å². The maximum Gasteiger partial charge on any atom is 0.161 e. The van der Waals surface area contributed by atoms with Crippen molar-refractivity contribution < 1.29 is 9.47 Å². The zero-order valence-corrected chi connectivity index (χ0v) is 17.1. The van der Waals surface area contributed by atoms with Crippen molar-refractivity contribution in [2.75, 3.05) is 40.9 Å². The average Bonchev–Trinajstić information content (AvgIpc) is 3.08. The first-order chi connectivity index (χ1) is 13.1. The fraction of sp³-hybridized carbons (Fsp3) is 0.727. The van der Waals surface area contributed by atoms with Gasteiger partial charge in [-0.25, -0.2) is 0 Å². The number of hydrogen-bond acceptors (Lipinski definition) is 5. The zero-order chi connectivity index (χ0) is 19.0. The van der Waals surface area contributed by atoms with Gasteiger partial charge in [-0.3, -0.25) is 4.90 Å². The number of likely N-dealkylation sites (tertiary alicyclic amines) is 2.